The summed E-state index contributed by atoms with van der Waals surface area (Å²) in [6.07, 6.45) is -3.43. The van der Waals surface area contributed by atoms with Crippen LogP contribution < -0.4 is 15.4 Å². The van der Waals surface area contributed by atoms with E-state index in [0.717, 1.165) is 17.7 Å². The number of nitrogens with one attached hydrogen (secondary N) is 2. The van der Waals surface area contributed by atoms with E-state index in [-0.39, 0.29) is 12.0 Å². The number of hydrogen-bond donors (Lipinski definition) is 2. The molecule has 27 heavy (non-hydrogen) atoms. The molecule has 1 saturated heterocycles. The van der Waals surface area contributed by atoms with Crippen LogP contribution in [0.4, 0.5) is 13.2 Å². The molecule has 0 aromatic heterocycles. The normalized spacial score (nSPS) is 19.8. The first-order valence-corrected chi connectivity index (χ1v) is 9.22. The molecule has 1 aromatic carbocycles. The molecule has 0 saturated carbocycles. The first-order chi connectivity index (χ1) is 12.7. The fourth-order valence-corrected chi connectivity index (χ4v) is 3.14. The van der Waals surface area contributed by atoms with E-state index >= 15 is 0 Å². The van der Waals surface area contributed by atoms with Crippen molar-refractivity contribution in [2.45, 2.75) is 32.5 Å². The highest BCUT2D eigenvalue weighted by Gasteiger charge is 2.34. The van der Waals surface area contributed by atoms with Crippen molar-refractivity contribution < 1.29 is 17.9 Å². The smallest absolute Gasteiger partial charge is 0.401 e. The Morgan fingerprint density at radius 3 is 2.81 bits per heavy atom. The lowest BCUT2D eigenvalue weighted by Crippen LogP contribution is -2.43. The van der Waals surface area contributed by atoms with Crippen LogP contribution in [0.3, 0.4) is 0 Å². The second-order valence-corrected chi connectivity index (χ2v) is 7.08. The van der Waals surface area contributed by atoms with E-state index in [9.17, 15) is 13.2 Å². The molecule has 2 unspecified atom stereocenters. The van der Waals surface area contributed by atoms with Gasteiger partial charge in [0.15, 0.2) is 5.96 Å². The number of alkyl halides is 3. The third-order valence-electron chi connectivity index (χ3n) is 4.44. The summed E-state index contributed by atoms with van der Waals surface area (Å²) >= 11 is 0. The van der Waals surface area contributed by atoms with Crippen molar-refractivity contribution in [3.63, 3.8) is 0 Å². The van der Waals surface area contributed by atoms with Crippen LogP contribution in [-0.2, 0) is 0 Å². The van der Waals surface area contributed by atoms with Crippen LogP contribution in [-0.4, -0.2) is 62.9 Å². The summed E-state index contributed by atoms with van der Waals surface area (Å²) in [7, 11) is 1.67. The average molecular weight is 386 g/mol. The van der Waals surface area contributed by atoms with Crippen LogP contribution >= 0.6 is 0 Å². The van der Waals surface area contributed by atoms with E-state index in [1.807, 2.05) is 38.1 Å². The number of aliphatic imine (C=N–C) groups is 1. The van der Waals surface area contributed by atoms with Gasteiger partial charge in [0.2, 0.25) is 0 Å². The van der Waals surface area contributed by atoms with Crippen molar-refractivity contribution >= 4 is 5.96 Å². The monoisotopic (exact) mass is 386 g/mol. The van der Waals surface area contributed by atoms with Crippen LogP contribution in [0.25, 0.3) is 0 Å². The predicted molar refractivity (Wildman–Crippen MR) is 101 cm³/mol. The average Bonchev–Trinajstić information content (AvgIpc) is 3.00. The Balaban J connectivity index is 1.68. The number of aryl methyl sites for hydroxylation is 1. The molecule has 0 spiro atoms. The summed E-state index contributed by atoms with van der Waals surface area (Å²) in [5, 5.41) is 6.40. The van der Waals surface area contributed by atoms with Crippen molar-refractivity contribution in [1.82, 2.24) is 15.5 Å². The number of likely N-dealkylation sites (tertiary alicyclic amines) is 1. The van der Waals surface area contributed by atoms with Gasteiger partial charge in [-0.05, 0) is 50.4 Å². The zero-order valence-corrected chi connectivity index (χ0v) is 16.1. The van der Waals surface area contributed by atoms with Gasteiger partial charge < -0.3 is 15.4 Å². The molecule has 0 radical (unpaired) electrons. The minimum Gasteiger partial charge on any atom is -0.489 e. The number of hydrogen-bond acceptors (Lipinski definition) is 3. The lowest BCUT2D eigenvalue weighted by Gasteiger charge is -2.20. The molecule has 1 aliphatic rings. The topological polar surface area (TPSA) is 48.9 Å². The molecule has 2 atom stereocenters. The number of halogens is 3. The van der Waals surface area contributed by atoms with Crippen molar-refractivity contribution in [1.29, 1.82) is 0 Å². The van der Waals surface area contributed by atoms with Gasteiger partial charge in [0.1, 0.15) is 11.9 Å². The zero-order valence-electron chi connectivity index (χ0n) is 16.1. The summed E-state index contributed by atoms with van der Waals surface area (Å²) in [4.78, 5) is 5.62. The van der Waals surface area contributed by atoms with Gasteiger partial charge in [-0.1, -0.05) is 12.1 Å². The van der Waals surface area contributed by atoms with Crippen molar-refractivity contribution in [2.24, 2.45) is 10.9 Å². The Morgan fingerprint density at radius 1 is 1.37 bits per heavy atom. The van der Waals surface area contributed by atoms with E-state index in [1.165, 1.54) is 4.90 Å². The third-order valence-corrected chi connectivity index (χ3v) is 4.44. The second kappa shape index (κ2) is 9.82. The Hall–Kier alpha value is -1.96. The van der Waals surface area contributed by atoms with E-state index in [4.69, 9.17) is 4.74 Å². The van der Waals surface area contributed by atoms with Crippen LogP contribution in [0.15, 0.2) is 29.3 Å². The minimum absolute atomic E-state index is 0.0564. The SMILES string of the molecule is CN=C(NCC1CCN(CC(F)(F)F)C1)NCC(C)Oc1cccc(C)c1. The summed E-state index contributed by atoms with van der Waals surface area (Å²) in [6.45, 7) is 5.26. The van der Waals surface area contributed by atoms with E-state index < -0.39 is 12.7 Å². The van der Waals surface area contributed by atoms with Crippen molar-refractivity contribution in [3.05, 3.63) is 29.8 Å². The second-order valence-electron chi connectivity index (χ2n) is 7.08. The Morgan fingerprint density at radius 2 is 2.15 bits per heavy atom. The number of benzene rings is 1. The molecule has 2 N–H and O–H groups in total. The van der Waals surface area contributed by atoms with Gasteiger partial charge in [0.25, 0.3) is 0 Å². The van der Waals surface area contributed by atoms with Crippen LogP contribution in [0, 0.1) is 12.8 Å². The molecule has 152 valence electrons. The predicted octanol–water partition coefficient (Wildman–Crippen LogP) is 2.81. The standard InChI is InChI=1S/C19H29F3N4O/c1-14-5-4-6-17(9-14)27-15(2)10-24-18(23-3)25-11-16-7-8-26(12-16)13-19(20,21)22/h4-6,9,15-16H,7-8,10-13H2,1-3H3,(H2,23,24,25). The van der Waals surface area contributed by atoms with Crippen molar-refractivity contribution in [2.75, 3.05) is 39.8 Å². The summed E-state index contributed by atoms with van der Waals surface area (Å²) in [5.74, 6) is 1.64. The molecule has 1 aliphatic heterocycles. The van der Waals surface area contributed by atoms with Gasteiger partial charge in [-0.15, -0.1) is 0 Å². The van der Waals surface area contributed by atoms with Crippen LogP contribution in [0.5, 0.6) is 5.75 Å². The fourth-order valence-electron chi connectivity index (χ4n) is 3.14. The van der Waals surface area contributed by atoms with Crippen LogP contribution in [0.1, 0.15) is 18.9 Å². The maximum absolute atomic E-state index is 12.5. The molecular weight excluding hydrogens is 357 g/mol. The lowest BCUT2D eigenvalue weighted by molar-refractivity contribution is -0.143. The molecule has 0 amide bonds. The molecule has 0 aliphatic carbocycles. The third kappa shape index (κ3) is 8.07. The Kier molecular flexibility index (Phi) is 7.77. The first kappa shape index (κ1) is 21.3. The van der Waals surface area contributed by atoms with Crippen LogP contribution in [0.2, 0.25) is 0 Å². The number of nitrogens with zero attached hydrogens (tertiary/aromatic N) is 2. The maximum atomic E-state index is 12.5. The lowest BCUT2D eigenvalue weighted by atomic mass is 10.1. The molecule has 1 fully saturated rings. The summed E-state index contributed by atoms with van der Waals surface area (Å²) in [5.41, 5.74) is 1.14. The Labute approximate surface area is 159 Å². The Bertz CT molecular complexity index is 621. The van der Waals surface area contributed by atoms with Gasteiger partial charge in [-0.3, -0.25) is 9.89 Å². The quantitative estimate of drug-likeness (QED) is 0.559. The van der Waals surface area contributed by atoms with Gasteiger partial charge in [0, 0.05) is 20.1 Å². The molecular formula is C19H29F3N4O. The zero-order chi connectivity index (χ0) is 19.9. The molecule has 8 heteroatoms. The fraction of sp³-hybridized carbons (Fsp3) is 0.632. The van der Waals surface area contributed by atoms with E-state index in [2.05, 4.69) is 15.6 Å². The molecule has 5 nitrogen and oxygen atoms in total. The highest BCUT2D eigenvalue weighted by molar-refractivity contribution is 5.79. The molecule has 1 aromatic rings. The minimum atomic E-state index is -4.13. The number of rotatable bonds is 7. The first-order valence-electron chi connectivity index (χ1n) is 9.22. The van der Waals surface area contributed by atoms with Gasteiger partial charge in [0.05, 0.1) is 13.1 Å². The van der Waals surface area contributed by atoms with E-state index in [1.54, 1.807) is 7.05 Å². The highest BCUT2D eigenvalue weighted by atomic mass is 19.4. The molecule has 0 bridgehead atoms. The number of ether oxygens (including phenoxy) is 1. The summed E-state index contributed by atoms with van der Waals surface area (Å²) in [6, 6.07) is 7.87. The van der Waals surface area contributed by atoms with E-state index in [0.29, 0.717) is 32.1 Å². The largest absolute Gasteiger partial charge is 0.489 e. The maximum Gasteiger partial charge on any atom is 0.401 e. The van der Waals surface area contributed by atoms with Gasteiger partial charge in [-0.2, -0.15) is 13.2 Å². The molecule has 1 heterocycles. The molecule has 2 rings (SSSR count). The number of guanidine groups is 1. The highest BCUT2D eigenvalue weighted by Crippen LogP contribution is 2.22. The van der Waals surface area contributed by atoms with Gasteiger partial charge >= 0.3 is 6.18 Å². The van der Waals surface area contributed by atoms with Gasteiger partial charge in [-0.25, -0.2) is 0 Å². The van der Waals surface area contributed by atoms with Crippen molar-refractivity contribution in [3.8, 4) is 5.75 Å². The summed E-state index contributed by atoms with van der Waals surface area (Å²) < 4.78 is 43.2.